The van der Waals surface area contributed by atoms with Gasteiger partial charge in [0.25, 0.3) is 5.91 Å². The number of hydrogen-bond acceptors (Lipinski definition) is 3. The van der Waals surface area contributed by atoms with Crippen molar-refractivity contribution in [2.75, 3.05) is 5.32 Å². The standard InChI is InChI=1S/C17H15ClN4O/c1-11-10-19-21-22(11)14-8-6-13(7-9-14)17(23)20-16-5-3-4-15(18)12(16)2/h3-10H,1-2H3,(H,20,23). The first-order valence-electron chi connectivity index (χ1n) is 7.10. The van der Waals surface area contributed by atoms with Gasteiger partial charge >= 0.3 is 0 Å². The van der Waals surface area contributed by atoms with Gasteiger partial charge in [-0.25, -0.2) is 4.68 Å². The average molecular weight is 327 g/mol. The summed E-state index contributed by atoms with van der Waals surface area (Å²) in [6, 6.07) is 12.6. The van der Waals surface area contributed by atoms with E-state index in [4.69, 9.17) is 11.6 Å². The molecule has 1 amide bonds. The van der Waals surface area contributed by atoms with E-state index in [-0.39, 0.29) is 5.91 Å². The lowest BCUT2D eigenvalue weighted by Crippen LogP contribution is -2.13. The van der Waals surface area contributed by atoms with E-state index in [2.05, 4.69) is 15.6 Å². The van der Waals surface area contributed by atoms with Crippen LogP contribution in [0.1, 0.15) is 21.6 Å². The molecule has 3 rings (SSSR count). The number of benzene rings is 2. The zero-order chi connectivity index (χ0) is 16.4. The minimum absolute atomic E-state index is 0.183. The summed E-state index contributed by atoms with van der Waals surface area (Å²) in [5.41, 5.74) is 3.90. The number of nitrogens with one attached hydrogen (secondary N) is 1. The summed E-state index contributed by atoms with van der Waals surface area (Å²) in [6.07, 6.45) is 1.68. The van der Waals surface area contributed by atoms with Crippen LogP contribution in [0.2, 0.25) is 5.02 Å². The molecule has 1 heterocycles. The largest absolute Gasteiger partial charge is 0.322 e. The zero-order valence-corrected chi connectivity index (χ0v) is 13.5. The van der Waals surface area contributed by atoms with Crippen LogP contribution in [0.15, 0.2) is 48.7 Å². The maximum atomic E-state index is 12.4. The number of carbonyl (C=O) groups excluding carboxylic acids is 1. The number of amides is 1. The number of aryl methyl sites for hydroxylation is 1. The Hall–Kier alpha value is -2.66. The zero-order valence-electron chi connectivity index (χ0n) is 12.7. The molecule has 0 aliphatic carbocycles. The van der Waals surface area contributed by atoms with Crippen LogP contribution >= 0.6 is 11.6 Å². The van der Waals surface area contributed by atoms with Gasteiger partial charge in [-0.05, 0) is 55.8 Å². The summed E-state index contributed by atoms with van der Waals surface area (Å²) in [5.74, 6) is -0.183. The Morgan fingerprint density at radius 2 is 1.87 bits per heavy atom. The van der Waals surface area contributed by atoms with E-state index in [1.165, 1.54) is 0 Å². The van der Waals surface area contributed by atoms with Gasteiger partial charge in [0.2, 0.25) is 0 Å². The van der Waals surface area contributed by atoms with E-state index in [1.807, 2.05) is 38.1 Å². The second kappa shape index (κ2) is 6.22. The van der Waals surface area contributed by atoms with Crippen LogP contribution in [-0.4, -0.2) is 20.9 Å². The minimum Gasteiger partial charge on any atom is -0.322 e. The number of hydrogen-bond donors (Lipinski definition) is 1. The fraction of sp³-hybridized carbons (Fsp3) is 0.118. The summed E-state index contributed by atoms with van der Waals surface area (Å²) in [6.45, 7) is 3.79. The summed E-state index contributed by atoms with van der Waals surface area (Å²) in [5, 5.41) is 11.4. The normalized spacial score (nSPS) is 10.6. The van der Waals surface area contributed by atoms with E-state index in [0.717, 1.165) is 16.9 Å². The summed E-state index contributed by atoms with van der Waals surface area (Å²) in [4.78, 5) is 12.4. The SMILES string of the molecule is Cc1c(Cl)cccc1NC(=O)c1ccc(-n2nncc2C)cc1. The van der Waals surface area contributed by atoms with Crippen molar-refractivity contribution in [2.45, 2.75) is 13.8 Å². The molecule has 23 heavy (non-hydrogen) atoms. The summed E-state index contributed by atoms with van der Waals surface area (Å²) in [7, 11) is 0. The molecule has 5 nitrogen and oxygen atoms in total. The molecule has 2 aromatic carbocycles. The van der Waals surface area contributed by atoms with Crippen molar-refractivity contribution < 1.29 is 4.79 Å². The number of rotatable bonds is 3. The first kappa shape index (κ1) is 15.2. The van der Waals surface area contributed by atoms with E-state index in [0.29, 0.717) is 16.3 Å². The fourth-order valence-electron chi connectivity index (χ4n) is 2.23. The highest BCUT2D eigenvalue weighted by Gasteiger charge is 2.10. The first-order chi connectivity index (χ1) is 11.1. The van der Waals surface area contributed by atoms with E-state index in [9.17, 15) is 4.79 Å². The van der Waals surface area contributed by atoms with Crippen LogP contribution in [-0.2, 0) is 0 Å². The van der Waals surface area contributed by atoms with Gasteiger partial charge in [0.05, 0.1) is 17.6 Å². The molecule has 0 saturated carbocycles. The molecular formula is C17H15ClN4O. The average Bonchev–Trinajstić information content (AvgIpc) is 2.98. The minimum atomic E-state index is -0.183. The molecule has 0 saturated heterocycles. The number of anilines is 1. The second-order valence-corrected chi connectivity index (χ2v) is 5.61. The predicted molar refractivity (Wildman–Crippen MR) is 90.2 cm³/mol. The molecule has 0 radical (unpaired) electrons. The summed E-state index contributed by atoms with van der Waals surface area (Å²) >= 11 is 6.07. The van der Waals surface area contributed by atoms with Gasteiger partial charge in [0.1, 0.15) is 0 Å². The van der Waals surface area contributed by atoms with Crippen molar-refractivity contribution in [1.82, 2.24) is 15.0 Å². The van der Waals surface area contributed by atoms with Crippen LogP contribution < -0.4 is 5.32 Å². The molecular weight excluding hydrogens is 312 g/mol. The molecule has 0 bridgehead atoms. The molecule has 0 atom stereocenters. The molecule has 1 N–H and O–H groups in total. The topological polar surface area (TPSA) is 59.8 Å². The number of halogens is 1. The lowest BCUT2D eigenvalue weighted by atomic mass is 10.1. The third-order valence-electron chi connectivity index (χ3n) is 3.61. The molecule has 0 spiro atoms. The van der Waals surface area contributed by atoms with Crippen LogP contribution in [0.4, 0.5) is 5.69 Å². The first-order valence-corrected chi connectivity index (χ1v) is 7.48. The van der Waals surface area contributed by atoms with Gasteiger partial charge < -0.3 is 5.32 Å². The Morgan fingerprint density at radius 3 is 2.52 bits per heavy atom. The van der Waals surface area contributed by atoms with E-state index < -0.39 is 0 Å². The Balaban J connectivity index is 1.81. The fourth-order valence-corrected chi connectivity index (χ4v) is 2.41. The van der Waals surface area contributed by atoms with Crippen LogP contribution in [0.3, 0.4) is 0 Å². The molecule has 0 fully saturated rings. The van der Waals surface area contributed by atoms with E-state index >= 15 is 0 Å². The monoisotopic (exact) mass is 326 g/mol. The van der Waals surface area contributed by atoms with Gasteiger partial charge in [0.15, 0.2) is 0 Å². The smallest absolute Gasteiger partial charge is 0.255 e. The van der Waals surface area contributed by atoms with Crippen molar-refractivity contribution >= 4 is 23.2 Å². The lowest BCUT2D eigenvalue weighted by molar-refractivity contribution is 0.102. The Kier molecular flexibility index (Phi) is 4.12. The van der Waals surface area contributed by atoms with Crippen molar-refractivity contribution in [3.63, 3.8) is 0 Å². The van der Waals surface area contributed by atoms with Gasteiger partial charge in [0, 0.05) is 16.3 Å². The Morgan fingerprint density at radius 1 is 1.13 bits per heavy atom. The third-order valence-corrected chi connectivity index (χ3v) is 4.02. The molecule has 3 aromatic rings. The molecule has 0 aliphatic heterocycles. The van der Waals surface area contributed by atoms with Crippen LogP contribution in [0.25, 0.3) is 5.69 Å². The van der Waals surface area contributed by atoms with Crippen molar-refractivity contribution in [1.29, 1.82) is 0 Å². The highest BCUT2D eigenvalue weighted by Crippen LogP contribution is 2.23. The highest BCUT2D eigenvalue weighted by atomic mass is 35.5. The molecule has 1 aromatic heterocycles. The summed E-state index contributed by atoms with van der Waals surface area (Å²) < 4.78 is 1.71. The van der Waals surface area contributed by atoms with Crippen molar-refractivity contribution in [3.05, 3.63) is 70.5 Å². The second-order valence-electron chi connectivity index (χ2n) is 5.20. The molecule has 6 heteroatoms. The number of carbonyl (C=O) groups is 1. The quantitative estimate of drug-likeness (QED) is 0.796. The maximum absolute atomic E-state index is 12.4. The third kappa shape index (κ3) is 3.10. The Bertz CT molecular complexity index is 855. The van der Waals surface area contributed by atoms with Gasteiger partial charge in [-0.2, -0.15) is 0 Å². The van der Waals surface area contributed by atoms with Gasteiger partial charge in [-0.3, -0.25) is 4.79 Å². The molecule has 0 aliphatic rings. The Labute approximate surface area is 138 Å². The van der Waals surface area contributed by atoms with Gasteiger partial charge in [-0.1, -0.05) is 22.9 Å². The molecule has 0 unspecified atom stereocenters. The highest BCUT2D eigenvalue weighted by molar-refractivity contribution is 6.31. The van der Waals surface area contributed by atoms with Gasteiger partial charge in [-0.15, -0.1) is 5.10 Å². The predicted octanol–water partition coefficient (Wildman–Crippen LogP) is 3.79. The lowest BCUT2D eigenvalue weighted by Gasteiger charge is -2.10. The number of nitrogens with zero attached hydrogens (tertiary/aromatic N) is 3. The van der Waals surface area contributed by atoms with E-state index in [1.54, 1.807) is 29.1 Å². The van der Waals surface area contributed by atoms with Crippen molar-refractivity contribution in [2.24, 2.45) is 0 Å². The maximum Gasteiger partial charge on any atom is 0.255 e. The van der Waals surface area contributed by atoms with Crippen molar-refractivity contribution in [3.8, 4) is 5.69 Å². The van der Waals surface area contributed by atoms with Crippen LogP contribution in [0.5, 0.6) is 0 Å². The molecule has 116 valence electrons. The van der Waals surface area contributed by atoms with Crippen LogP contribution in [0, 0.1) is 13.8 Å². The number of aromatic nitrogens is 3.